The Morgan fingerprint density at radius 2 is 1.73 bits per heavy atom. The monoisotopic (exact) mass is 324 g/mol. The van der Waals surface area contributed by atoms with Gasteiger partial charge in [0.15, 0.2) is 0 Å². The highest BCUT2D eigenvalue weighted by atomic mass is 35.5. The molecule has 1 saturated heterocycles. The van der Waals surface area contributed by atoms with E-state index in [0.29, 0.717) is 49.8 Å². The number of carbonyl (C=O) groups is 2. The third-order valence-corrected chi connectivity index (χ3v) is 4.15. The van der Waals surface area contributed by atoms with Crippen LogP contribution in [0.5, 0.6) is 5.75 Å². The van der Waals surface area contributed by atoms with Crippen molar-refractivity contribution in [3.8, 4) is 5.75 Å². The third-order valence-electron chi connectivity index (χ3n) is 3.86. The summed E-state index contributed by atoms with van der Waals surface area (Å²) in [6.45, 7) is 4.26. The molecule has 1 aromatic rings. The molecule has 0 spiro atoms. The Morgan fingerprint density at radius 1 is 1.14 bits per heavy atom. The number of piperazine rings is 1. The van der Waals surface area contributed by atoms with Gasteiger partial charge >= 0.3 is 0 Å². The first-order valence-electron chi connectivity index (χ1n) is 7.43. The van der Waals surface area contributed by atoms with Crippen LogP contribution in [-0.2, 0) is 16.0 Å². The Morgan fingerprint density at radius 3 is 2.23 bits per heavy atom. The zero-order valence-electron chi connectivity index (χ0n) is 13.0. The standard InChI is InChI=1S/C16H21ClN2O3/c1-3-15(20)18-6-8-19(9-7-18)16(21)11-12-4-5-14(22-2)13(17)10-12/h4-5,10H,3,6-9,11H2,1-2H3. The summed E-state index contributed by atoms with van der Waals surface area (Å²) >= 11 is 6.07. The van der Waals surface area contributed by atoms with Crippen LogP contribution in [0.15, 0.2) is 18.2 Å². The van der Waals surface area contributed by atoms with Crippen molar-refractivity contribution < 1.29 is 14.3 Å². The first-order valence-corrected chi connectivity index (χ1v) is 7.81. The number of rotatable bonds is 4. The minimum absolute atomic E-state index is 0.0600. The lowest BCUT2D eigenvalue weighted by Crippen LogP contribution is -2.50. The molecule has 0 bridgehead atoms. The van der Waals surface area contributed by atoms with Crippen LogP contribution in [0.2, 0.25) is 5.02 Å². The molecule has 2 rings (SSSR count). The molecule has 1 aromatic carbocycles. The second-order valence-corrected chi connectivity index (χ2v) is 5.67. The van der Waals surface area contributed by atoms with E-state index in [4.69, 9.17) is 16.3 Å². The molecular weight excluding hydrogens is 304 g/mol. The number of hydrogen-bond acceptors (Lipinski definition) is 3. The van der Waals surface area contributed by atoms with Crippen molar-refractivity contribution in [2.24, 2.45) is 0 Å². The number of benzene rings is 1. The van der Waals surface area contributed by atoms with Crippen molar-refractivity contribution in [1.82, 2.24) is 9.80 Å². The van der Waals surface area contributed by atoms with Gasteiger partial charge in [-0.15, -0.1) is 0 Å². The van der Waals surface area contributed by atoms with Gasteiger partial charge in [0, 0.05) is 32.6 Å². The normalized spacial score (nSPS) is 14.9. The van der Waals surface area contributed by atoms with Crippen LogP contribution in [0.25, 0.3) is 0 Å². The second kappa shape index (κ2) is 7.49. The summed E-state index contributed by atoms with van der Waals surface area (Å²) < 4.78 is 5.10. The molecule has 0 unspecified atom stereocenters. The second-order valence-electron chi connectivity index (χ2n) is 5.26. The molecule has 1 aliphatic heterocycles. The highest BCUT2D eigenvalue weighted by molar-refractivity contribution is 6.32. The van der Waals surface area contributed by atoms with E-state index in [2.05, 4.69) is 0 Å². The molecule has 0 aromatic heterocycles. The van der Waals surface area contributed by atoms with Crippen molar-refractivity contribution in [2.45, 2.75) is 19.8 Å². The maximum absolute atomic E-state index is 12.3. The van der Waals surface area contributed by atoms with Crippen molar-refractivity contribution >= 4 is 23.4 Å². The van der Waals surface area contributed by atoms with Crippen molar-refractivity contribution in [1.29, 1.82) is 0 Å². The molecule has 2 amide bonds. The van der Waals surface area contributed by atoms with E-state index in [-0.39, 0.29) is 11.8 Å². The van der Waals surface area contributed by atoms with Crippen LogP contribution >= 0.6 is 11.6 Å². The van der Waals surface area contributed by atoms with E-state index in [1.807, 2.05) is 17.9 Å². The zero-order chi connectivity index (χ0) is 16.1. The summed E-state index contributed by atoms with van der Waals surface area (Å²) in [5.74, 6) is 0.809. The lowest BCUT2D eigenvalue weighted by Gasteiger charge is -2.34. The number of methoxy groups -OCH3 is 1. The van der Waals surface area contributed by atoms with Crippen LogP contribution in [0.4, 0.5) is 0 Å². The number of ether oxygens (including phenoxy) is 1. The van der Waals surface area contributed by atoms with Gasteiger partial charge in [-0.2, -0.15) is 0 Å². The maximum Gasteiger partial charge on any atom is 0.227 e. The fraction of sp³-hybridized carbons (Fsp3) is 0.500. The van der Waals surface area contributed by atoms with Gasteiger partial charge in [0.25, 0.3) is 0 Å². The molecule has 6 heteroatoms. The summed E-state index contributed by atoms with van der Waals surface area (Å²) in [5, 5.41) is 0.506. The van der Waals surface area contributed by atoms with Gasteiger partial charge in [0.1, 0.15) is 5.75 Å². The molecule has 5 nitrogen and oxygen atoms in total. The first kappa shape index (κ1) is 16.6. The van der Waals surface area contributed by atoms with Gasteiger partial charge in [-0.3, -0.25) is 9.59 Å². The molecule has 0 N–H and O–H groups in total. The lowest BCUT2D eigenvalue weighted by atomic mass is 10.1. The molecule has 0 saturated carbocycles. The van der Waals surface area contributed by atoms with Gasteiger partial charge in [0.05, 0.1) is 18.6 Å². The SMILES string of the molecule is CCC(=O)N1CCN(C(=O)Cc2ccc(OC)c(Cl)c2)CC1. The van der Waals surface area contributed by atoms with Gasteiger partial charge in [-0.05, 0) is 17.7 Å². The predicted molar refractivity (Wildman–Crippen MR) is 85.2 cm³/mol. The van der Waals surface area contributed by atoms with E-state index in [1.165, 1.54) is 0 Å². The minimum atomic E-state index is 0.0600. The number of halogens is 1. The molecule has 1 fully saturated rings. The third kappa shape index (κ3) is 3.91. The molecule has 0 atom stereocenters. The van der Waals surface area contributed by atoms with Gasteiger partial charge in [-0.25, -0.2) is 0 Å². The summed E-state index contributed by atoms with van der Waals surface area (Å²) in [5.41, 5.74) is 0.864. The molecule has 1 heterocycles. The molecule has 1 aliphatic rings. The summed E-state index contributed by atoms with van der Waals surface area (Å²) in [7, 11) is 1.56. The Bertz CT molecular complexity index is 554. The Balaban J connectivity index is 1.91. The van der Waals surface area contributed by atoms with Crippen LogP contribution in [0, 0.1) is 0 Å². The van der Waals surface area contributed by atoms with Gasteiger partial charge in [0.2, 0.25) is 11.8 Å². The fourth-order valence-corrected chi connectivity index (χ4v) is 2.82. The zero-order valence-corrected chi connectivity index (χ0v) is 13.7. The molecule has 22 heavy (non-hydrogen) atoms. The number of nitrogens with zero attached hydrogens (tertiary/aromatic N) is 2. The predicted octanol–water partition coefficient (Wildman–Crippen LogP) is 1.97. The van der Waals surface area contributed by atoms with E-state index in [0.717, 1.165) is 5.56 Å². The molecule has 0 radical (unpaired) electrons. The lowest BCUT2D eigenvalue weighted by molar-refractivity contribution is -0.139. The summed E-state index contributed by atoms with van der Waals surface area (Å²) in [6.07, 6.45) is 0.823. The largest absolute Gasteiger partial charge is 0.495 e. The van der Waals surface area contributed by atoms with Crippen LogP contribution in [0.3, 0.4) is 0 Å². The Hall–Kier alpha value is -1.75. The fourth-order valence-electron chi connectivity index (χ4n) is 2.54. The highest BCUT2D eigenvalue weighted by Crippen LogP contribution is 2.25. The molecular formula is C16H21ClN2O3. The number of carbonyl (C=O) groups excluding carboxylic acids is 2. The van der Waals surface area contributed by atoms with E-state index in [9.17, 15) is 9.59 Å². The van der Waals surface area contributed by atoms with E-state index < -0.39 is 0 Å². The van der Waals surface area contributed by atoms with Crippen LogP contribution < -0.4 is 4.74 Å². The van der Waals surface area contributed by atoms with E-state index in [1.54, 1.807) is 24.1 Å². The van der Waals surface area contributed by atoms with Crippen molar-refractivity contribution in [3.05, 3.63) is 28.8 Å². The van der Waals surface area contributed by atoms with Crippen molar-refractivity contribution in [2.75, 3.05) is 33.3 Å². The van der Waals surface area contributed by atoms with Crippen LogP contribution in [-0.4, -0.2) is 54.9 Å². The highest BCUT2D eigenvalue weighted by Gasteiger charge is 2.23. The number of hydrogen-bond donors (Lipinski definition) is 0. The van der Waals surface area contributed by atoms with Crippen LogP contribution in [0.1, 0.15) is 18.9 Å². The number of amides is 2. The van der Waals surface area contributed by atoms with Crippen molar-refractivity contribution in [3.63, 3.8) is 0 Å². The van der Waals surface area contributed by atoms with E-state index >= 15 is 0 Å². The Labute approximate surface area is 135 Å². The maximum atomic E-state index is 12.3. The topological polar surface area (TPSA) is 49.9 Å². The quantitative estimate of drug-likeness (QED) is 0.851. The molecule has 0 aliphatic carbocycles. The Kier molecular flexibility index (Phi) is 5.66. The average molecular weight is 325 g/mol. The minimum Gasteiger partial charge on any atom is -0.495 e. The summed E-state index contributed by atoms with van der Waals surface area (Å²) in [6, 6.07) is 5.37. The van der Waals surface area contributed by atoms with Gasteiger partial charge < -0.3 is 14.5 Å². The summed E-state index contributed by atoms with van der Waals surface area (Å²) in [4.78, 5) is 27.6. The van der Waals surface area contributed by atoms with Gasteiger partial charge in [-0.1, -0.05) is 24.6 Å². The first-order chi connectivity index (χ1) is 10.5. The average Bonchev–Trinajstić information content (AvgIpc) is 2.54. The molecule has 120 valence electrons. The smallest absolute Gasteiger partial charge is 0.227 e.